The normalized spacial score (nSPS) is 10.6. The zero-order valence-corrected chi connectivity index (χ0v) is 9.23. The summed E-state index contributed by atoms with van der Waals surface area (Å²) in [5, 5.41) is 10.6. The third-order valence-corrected chi connectivity index (χ3v) is 2.12. The lowest BCUT2D eigenvalue weighted by Gasteiger charge is -1.99. The van der Waals surface area contributed by atoms with E-state index in [0.717, 1.165) is 0 Å². The largest absolute Gasteiger partial charge is 0.378 e. The third kappa shape index (κ3) is 2.12. The van der Waals surface area contributed by atoms with E-state index in [-0.39, 0.29) is 10.7 Å². The summed E-state index contributed by atoms with van der Waals surface area (Å²) in [5.41, 5.74) is 0.452. The molecule has 2 rings (SSSR count). The maximum atomic E-state index is 11.6. The Hall–Kier alpha value is -1.66. The van der Waals surface area contributed by atoms with Crippen molar-refractivity contribution >= 4 is 11.6 Å². The van der Waals surface area contributed by atoms with Gasteiger partial charge in [-0.1, -0.05) is 11.6 Å². The Morgan fingerprint density at radius 2 is 2.31 bits per heavy atom. The fraction of sp³-hybridized carbons (Fsp3) is 0.222. The van der Waals surface area contributed by atoms with Crippen molar-refractivity contribution in [2.24, 2.45) is 0 Å². The number of ether oxygens (including phenoxy) is 1. The van der Waals surface area contributed by atoms with Gasteiger partial charge < -0.3 is 4.74 Å². The average Bonchev–Trinajstić information content (AvgIpc) is 2.61. The number of nitrogens with zero attached hydrogens (tertiary/aromatic N) is 3. The zero-order valence-electron chi connectivity index (χ0n) is 8.48. The first-order valence-electron chi connectivity index (χ1n) is 4.50. The van der Waals surface area contributed by atoms with E-state index in [1.165, 1.54) is 10.7 Å². The van der Waals surface area contributed by atoms with Crippen LogP contribution in [0.2, 0.25) is 5.15 Å². The fourth-order valence-electron chi connectivity index (χ4n) is 1.27. The molecule has 0 aliphatic rings. The monoisotopic (exact) mass is 240 g/mol. The molecule has 2 aromatic rings. The molecule has 0 aliphatic heterocycles. The molecule has 6 nitrogen and oxygen atoms in total. The average molecular weight is 241 g/mol. The number of hydrogen-bond donors (Lipinski definition) is 1. The van der Waals surface area contributed by atoms with Crippen molar-refractivity contribution < 1.29 is 4.74 Å². The van der Waals surface area contributed by atoms with Crippen molar-refractivity contribution in [2.75, 3.05) is 7.11 Å². The topological polar surface area (TPSA) is 72.8 Å². The van der Waals surface area contributed by atoms with Gasteiger partial charge in [0.15, 0.2) is 11.0 Å². The molecule has 2 heterocycles. The van der Waals surface area contributed by atoms with Gasteiger partial charge in [-0.15, -0.1) is 10.2 Å². The molecule has 0 atom stereocenters. The van der Waals surface area contributed by atoms with E-state index < -0.39 is 0 Å². The summed E-state index contributed by atoms with van der Waals surface area (Å²) in [4.78, 5) is 11.6. The highest BCUT2D eigenvalue weighted by Gasteiger charge is 2.06. The first kappa shape index (κ1) is 10.8. The second-order valence-electron chi connectivity index (χ2n) is 3.10. The molecule has 0 aliphatic carbocycles. The van der Waals surface area contributed by atoms with Crippen molar-refractivity contribution in [1.82, 2.24) is 20.0 Å². The Balaban J connectivity index is 2.40. The number of aromatic amines is 1. The minimum Gasteiger partial charge on any atom is -0.378 e. The SMILES string of the molecule is COCc1cc(=O)n(-c2ccc(Cl)nn2)[nH]1. The highest BCUT2D eigenvalue weighted by atomic mass is 35.5. The van der Waals surface area contributed by atoms with Crippen LogP contribution in [0.3, 0.4) is 0 Å². The van der Waals surface area contributed by atoms with E-state index in [4.69, 9.17) is 16.3 Å². The summed E-state index contributed by atoms with van der Waals surface area (Å²) < 4.78 is 6.19. The van der Waals surface area contributed by atoms with E-state index in [0.29, 0.717) is 18.1 Å². The molecule has 1 N–H and O–H groups in total. The lowest BCUT2D eigenvalue weighted by molar-refractivity contribution is 0.181. The van der Waals surface area contributed by atoms with E-state index in [1.807, 2.05) is 0 Å². The van der Waals surface area contributed by atoms with E-state index in [9.17, 15) is 4.79 Å². The Morgan fingerprint density at radius 1 is 1.50 bits per heavy atom. The first-order valence-corrected chi connectivity index (χ1v) is 4.88. The summed E-state index contributed by atoms with van der Waals surface area (Å²) >= 11 is 5.60. The predicted octanol–water partition coefficient (Wildman–Crippen LogP) is 0.755. The number of hydrogen-bond acceptors (Lipinski definition) is 4. The van der Waals surface area contributed by atoms with Crippen LogP contribution in [0.4, 0.5) is 0 Å². The minimum absolute atomic E-state index is 0.219. The van der Waals surface area contributed by atoms with Gasteiger partial charge in [0.25, 0.3) is 5.56 Å². The quantitative estimate of drug-likeness (QED) is 0.860. The second kappa shape index (κ2) is 4.46. The van der Waals surface area contributed by atoms with E-state index >= 15 is 0 Å². The predicted molar refractivity (Wildman–Crippen MR) is 57.7 cm³/mol. The number of aromatic nitrogens is 4. The number of halogens is 1. The molecular formula is C9H9ClN4O2. The molecule has 0 fully saturated rings. The van der Waals surface area contributed by atoms with Crippen LogP contribution in [0.15, 0.2) is 23.0 Å². The van der Waals surface area contributed by atoms with Crippen molar-refractivity contribution in [3.05, 3.63) is 39.4 Å². The van der Waals surface area contributed by atoms with Crippen LogP contribution >= 0.6 is 11.6 Å². The van der Waals surface area contributed by atoms with E-state index in [2.05, 4.69) is 15.3 Å². The maximum absolute atomic E-state index is 11.6. The number of H-pyrrole nitrogens is 1. The highest BCUT2D eigenvalue weighted by molar-refractivity contribution is 6.29. The molecule has 0 radical (unpaired) electrons. The van der Waals surface area contributed by atoms with Crippen LogP contribution in [-0.2, 0) is 11.3 Å². The smallest absolute Gasteiger partial charge is 0.273 e. The van der Waals surface area contributed by atoms with Gasteiger partial charge in [0.2, 0.25) is 0 Å². The summed E-state index contributed by atoms with van der Waals surface area (Å²) in [5.74, 6) is 0.386. The van der Waals surface area contributed by atoms with Crippen LogP contribution in [0.25, 0.3) is 5.82 Å². The lowest BCUT2D eigenvalue weighted by Crippen LogP contribution is -2.15. The van der Waals surface area contributed by atoms with Gasteiger partial charge in [0.05, 0.1) is 12.3 Å². The second-order valence-corrected chi connectivity index (χ2v) is 3.49. The highest BCUT2D eigenvalue weighted by Crippen LogP contribution is 2.04. The Bertz CT molecular complexity index is 531. The molecule has 0 saturated carbocycles. The van der Waals surface area contributed by atoms with Crippen LogP contribution < -0.4 is 5.56 Å². The lowest BCUT2D eigenvalue weighted by atomic mass is 10.5. The molecular weight excluding hydrogens is 232 g/mol. The molecule has 7 heteroatoms. The molecule has 0 bridgehead atoms. The zero-order chi connectivity index (χ0) is 11.5. The molecule has 0 aromatic carbocycles. The van der Waals surface area contributed by atoms with Gasteiger partial charge in [-0.25, -0.2) is 0 Å². The molecule has 0 saturated heterocycles. The van der Waals surface area contributed by atoms with Crippen molar-refractivity contribution in [1.29, 1.82) is 0 Å². The van der Waals surface area contributed by atoms with Gasteiger partial charge >= 0.3 is 0 Å². The summed E-state index contributed by atoms with van der Waals surface area (Å²) in [6.07, 6.45) is 0. The van der Waals surface area contributed by atoms with Gasteiger partial charge in [0.1, 0.15) is 0 Å². The third-order valence-electron chi connectivity index (χ3n) is 1.92. The molecule has 0 unspecified atom stereocenters. The molecule has 0 spiro atoms. The fourth-order valence-corrected chi connectivity index (χ4v) is 1.37. The minimum atomic E-state index is -0.219. The van der Waals surface area contributed by atoms with Gasteiger partial charge in [-0.2, -0.15) is 4.68 Å². The molecule has 84 valence electrons. The van der Waals surface area contributed by atoms with Gasteiger partial charge in [-0.05, 0) is 12.1 Å². The number of methoxy groups -OCH3 is 1. The number of nitrogens with one attached hydrogen (secondary N) is 1. The maximum Gasteiger partial charge on any atom is 0.273 e. The van der Waals surface area contributed by atoms with Crippen LogP contribution in [-0.4, -0.2) is 27.1 Å². The van der Waals surface area contributed by atoms with E-state index in [1.54, 1.807) is 19.2 Å². The van der Waals surface area contributed by atoms with Gasteiger partial charge in [-0.3, -0.25) is 9.89 Å². The van der Waals surface area contributed by atoms with Crippen molar-refractivity contribution in [3.63, 3.8) is 0 Å². The molecule has 0 amide bonds. The number of rotatable bonds is 3. The summed E-state index contributed by atoms with van der Waals surface area (Å²) in [7, 11) is 1.55. The van der Waals surface area contributed by atoms with Crippen LogP contribution in [0.1, 0.15) is 5.69 Å². The first-order chi connectivity index (χ1) is 7.70. The Labute approximate surface area is 95.8 Å². The van der Waals surface area contributed by atoms with Crippen LogP contribution in [0, 0.1) is 0 Å². The Kier molecular flexibility index (Phi) is 3.02. The summed E-state index contributed by atoms with van der Waals surface area (Å²) in [6.45, 7) is 0.337. The standard InChI is InChI=1S/C9H9ClN4O2/c1-16-5-6-4-9(15)14(13-6)8-3-2-7(10)11-12-8/h2-4,13H,5H2,1H3. The van der Waals surface area contributed by atoms with Crippen LogP contribution in [0.5, 0.6) is 0 Å². The van der Waals surface area contributed by atoms with Gasteiger partial charge in [0, 0.05) is 13.2 Å². The molecule has 2 aromatic heterocycles. The van der Waals surface area contributed by atoms with Crippen molar-refractivity contribution in [3.8, 4) is 5.82 Å². The Morgan fingerprint density at radius 3 is 2.94 bits per heavy atom. The summed E-state index contributed by atoms with van der Waals surface area (Å²) in [6, 6.07) is 4.61. The molecule has 16 heavy (non-hydrogen) atoms. The van der Waals surface area contributed by atoms with Crippen molar-refractivity contribution in [2.45, 2.75) is 6.61 Å².